The Labute approximate surface area is 135 Å². The average Bonchev–Trinajstić information content (AvgIpc) is 2.99. The standard InChI is InChI=1S/C18H20N4O/c1-13-6-3-4-7-15(13)12-22-18(17(11-19)20-21-22)14-8-5-9-16(10-14)23-2/h3-10H,11-12,19H2,1-2H3. The lowest BCUT2D eigenvalue weighted by atomic mass is 10.1. The van der Waals surface area contributed by atoms with Gasteiger partial charge in [0.25, 0.3) is 0 Å². The molecule has 5 nitrogen and oxygen atoms in total. The van der Waals surface area contributed by atoms with Crippen molar-refractivity contribution < 1.29 is 4.74 Å². The first-order chi connectivity index (χ1) is 11.2. The van der Waals surface area contributed by atoms with E-state index in [1.165, 1.54) is 11.1 Å². The molecule has 0 aliphatic heterocycles. The third-order valence-electron chi connectivity index (χ3n) is 3.92. The molecule has 0 unspecified atom stereocenters. The summed E-state index contributed by atoms with van der Waals surface area (Å²) in [6, 6.07) is 16.2. The summed E-state index contributed by atoms with van der Waals surface area (Å²) in [4.78, 5) is 0. The maximum absolute atomic E-state index is 5.85. The fourth-order valence-corrected chi connectivity index (χ4v) is 2.63. The molecule has 118 valence electrons. The number of aromatic nitrogens is 3. The van der Waals surface area contributed by atoms with Gasteiger partial charge in [-0.3, -0.25) is 0 Å². The van der Waals surface area contributed by atoms with Gasteiger partial charge in [-0.1, -0.05) is 41.6 Å². The Morgan fingerprint density at radius 1 is 1.13 bits per heavy atom. The zero-order valence-corrected chi connectivity index (χ0v) is 13.4. The van der Waals surface area contributed by atoms with Gasteiger partial charge in [0, 0.05) is 12.1 Å². The van der Waals surface area contributed by atoms with E-state index in [0.29, 0.717) is 13.1 Å². The summed E-state index contributed by atoms with van der Waals surface area (Å²) in [5.74, 6) is 0.800. The molecule has 0 atom stereocenters. The fraction of sp³-hybridized carbons (Fsp3) is 0.222. The summed E-state index contributed by atoms with van der Waals surface area (Å²) in [6.45, 7) is 3.11. The molecule has 0 radical (unpaired) electrons. The molecule has 2 N–H and O–H groups in total. The lowest BCUT2D eigenvalue weighted by Gasteiger charge is -2.11. The van der Waals surface area contributed by atoms with Crippen LogP contribution in [0.2, 0.25) is 0 Å². The van der Waals surface area contributed by atoms with Gasteiger partial charge in [-0.2, -0.15) is 0 Å². The number of benzene rings is 2. The molecule has 0 aliphatic carbocycles. The lowest BCUT2D eigenvalue weighted by molar-refractivity contribution is 0.415. The predicted octanol–water partition coefficient (Wildman–Crippen LogP) is 2.77. The van der Waals surface area contributed by atoms with Crippen LogP contribution in [0.4, 0.5) is 0 Å². The van der Waals surface area contributed by atoms with Crippen LogP contribution in [0.25, 0.3) is 11.3 Å². The van der Waals surface area contributed by atoms with E-state index in [0.717, 1.165) is 22.7 Å². The van der Waals surface area contributed by atoms with Crippen LogP contribution in [0, 0.1) is 6.92 Å². The molecular formula is C18H20N4O. The molecule has 0 amide bonds. The Morgan fingerprint density at radius 2 is 1.96 bits per heavy atom. The Morgan fingerprint density at radius 3 is 2.70 bits per heavy atom. The summed E-state index contributed by atoms with van der Waals surface area (Å²) in [7, 11) is 1.66. The average molecular weight is 308 g/mol. The number of aryl methyl sites for hydroxylation is 1. The van der Waals surface area contributed by atoms with E-state index in [9.17, 15) is 0 Å². The third-order valence-corrected chi connectivity index (χ3v) is 3.92. The predicted molar refractivity (Wildman–Crippen MR) is 90.2 cm³/mol. The molecule has 0 spiro atoms. The molecule has 1 heterocycles. The van der Waals surface area contributed by atoms with Crippen LogP contribution in [-0.2, 0) is 13.1 Å². The molecule has 3 rings (SSSR count). The van der Waals surface area contributed by atoms with Gasteiger partial charge in [0.05, 0.1) is 19.3 Å². The highest BCUT2D eigenvalue weighted by Crippen LogP contribution is 2.26. The van der Waals surface area contributed by atoms with E-state index in [4.69, 9.17) is 10.5 Å². The van der Waals surface area contributed by atoms with Crippen molar-refractivity contribution in [1.29, 1.82) is 0 Å². The molecule has 5 heteroatoms. The molecule has 0 saturated heterocycles. The van der Waals surface area contributed by atoms with Crippen LogP contribution in [0.15, 0.2) is 48.5 Å². The Balaban J connectivity index is 2.05. The van der Waals surface area contributed by atoms with Crippen molar-refractivity contribution in [3.63, 3.8) is 0 Å². The van der Waals surface area contributed by atoms with Gasteiger partial charge in [0.2, 0.25) is 0 Å². The number of ether oxygens (including phenoxy) is 1. The van der Waals surface area contributed by atoms with Crippen molar-refractivity contribution in [2.45, 2.75) is 20.0 Å². The zero-order valence-electron chi connectivity index (χ0n) is 13.4. The number of nitrogens with two attached hydrogens (primary N) is 1. The van der Waals surface area contributed by atoms with E-state index < -0.39 is 0 Å². The van der Waals surface area contributed by atoms with Gasteiger partial charge in [-0.05, 0) is 30.2 Å². The maximum Gasteiger partial charge on any atom is 0.119 e. The molecule has 0 bridgehead atoms. The van der Waals surface area contributed by atoms with E-state index in [-0.39, 0.29) is 0 Å². The largest absolute Gasteiger partial charge is 0.497 e. The van der Waals surface area contributed by atoms with Gasteiger partial charge in [-0.15, -0.1) is 5.10 Å². The Hall–Kier alpha value is -2.66. The second-order valence-corrected chi connectivity index (χ2v) is 5.40. The van der Waals surface area contributed by atoms with E-state index >= 15 is 0 Å². The quantitative estimate of drug-likeness (QED) is 0.787. The number of nitrogens with zero attached hydrogens (tertiary/aromatic N) is 3. The smallest absolute Gasteiger partial charge is 0.119 e. The summed E-state index contributed by atoms with van der Waals surface area (Å²) >= 11 is 0. The van der Waals surface area contributed by atoms with E-state index in [1.54, 1.807) is 7.11 Å². The van der Waals surface area contributed by atoms with E-state index in [2.05, 4.69) is 29.4 Å². The normalized spacial score (nSPS) is 10.7. The molecule has 0 fully saturated rings. The van der Waals surface area contributed by atoms with Gasteiger partial charge < -0.3 is 10.5 Å². The number of rotatable bonds is 5. The number of methoxy groups -OCH3 is 1. The summed E-state index contributed by atoms with van der Waals surface area (Å²) in [6.07, 6.45) is 0. The highest BCUT2D eigenvalue weighted by atomic mass is 16.5. The monoisotopic (exact) mass is 308 g/mol. The molecule has 23 heavy (non-hydrogen) atoms. The van der Waals surface area contributed by atoms with Crippen molar-refractivity contribution in [3.8, 4) is 17.0 Å². The third kappa shape index (κ3) is 3.10. The van der Waals surface area contributed by atoms with Gasteiger partial charge in [-0.25, -0.2) is 4.68 Å². The van der Waals surface area contributed by atoms with Crippen molar-refractivity contribution in [3.05, 3.63) is 65.4 Å². The topological polar surface area (TPSA) is 66.0 Å². The number of hydrogen-bond acceptors (Lipinski definition) is 4. The van der Waals surface area contributed by atoms with Crippen LogP contribution < -0.4 is 10.5 Å². The van der Waals surface area contributed by atoms with Crippen molar-refractivity contribution >= 4 is 0 Å². The first-order valence-electron chi connectivity index (χ1n) is 7.54. The van der Waals surface area contributed by atoms with Gasteiger partial charge >= 0.3 is 0 Å². The van der Waals surface area contributed by atoms with Crippen LogP contribution in [-0.4, -0.2) is 22.1 Å². The highest BCUT2D eigenvalue weighted by Gasteiger charge is 2.15. The summed E-state index contributed by atoms with van der Waals surface area (Å²) < 4.78 is 7.22. The Bertz CT molecular complexity index is 810. The van der Waals surface area contributed by atoms with Crippen LogP contribution in [0.3, 0.4) is 0 Å². The first-order valence-corrected chi connectivity index (χ1v) is 7.54. The minimum atomic E-state index is 0.348. The number of hydrogen-bond donors (Lipinski definition) is 1. The van der Waals surface area contributed by atoms with Crippen LogP contribution >= 0.6 is 0 Å². The molecule has 3 aromatic rings. The minimum Gasteiger partial charge on any atom is -0.497 e. The maximum atomic E-state index is 5.85. The first kappa shape index (κ1) is 15.2. The second-order valence-electron chi connectivity index (χ2n) is 5.40. The van der Waals surface area contributed by atoms with Crippen molar-refractivity contribution in [2.75, 3.05) is 7.11 Å². The Kier molecular flexibility index (Phi) is 4.39. The van der Waals surface area contributed by atoms with Gasteiger partial charge in [0.1, 0.15) is 11.4 Å². The lowest BCUT2D eigenvalue weighted by Crippen LogP contribution is -2.07. The fourth-order valence-electron chi connectivity index (χ4n) is 2.63. The zero-order chi connectivity index (χ0) is 16.2. The summed E-state index contributed by atoms with van der Waals surface area (Å²) in [5.41, 5.74) is 11.0. The molecule has 1 aromatic heterocycles. The van der Waals surface area contributed by atoms with Crippen molar-refractivity contribution in [1.82, 2.24) is 15.0 Å². The van der Waals surface area contributed by atoms with Crippen LogP contribution in [0.5, 0.6) is 5.75 Å². The molecule has 0 aliphatic rings. The van der Waals surface area contributed by atoms with Gasteiger partial charge in [0.15, 0.2) is 0 Å². The molecule has 2 aromatic carbocycles. The molecule has 0 saturated carbocycles. The summed E-state index contributed by atoms with van der Waals surface area (Å²) in [5, 5.41) is 8.54. The highest BCUT2D eigenvalue weighted by molar-refractivity contribution is 5.64. The van der Waals surface area contributed by atoms with Crippen LogP contribution in [0.1, 0.15) is 16.8 Å². The van der Waals surface area contributed by atoms with E-state index in [1.807, 2.05) is 41.1 Å². The SMILES string of the molecule is COc1cccc(-c2c(CN)nnn2Cc2ccccc2C)c1. The van der Waals surface area contributed by atoms with Crippen molar-refractivity contribution in [2.24, 2.45) is 5.73 Å². The minimum absolute atomic E-state index is 0.348. The second kappa shape index (κ2) is 6.62. The molecular weight excluding hydrogens is 288 g/mol.